The minimum Gasteiger partial charge on any atom is -0.379 e. The van der Waals surface area contributed by atoms with Crippen molar-refractivity contribution in [2.24, 2.45) is 5.92 Å². The molecule has 1 atom stereocenters. The van der Waals surface area contributed by atoms with E-state index in [2.05, 4.69) is 36.0 Å². The summed E-state index contributed by atoms with van der Waals surface area (Å²) >= 11 is 4.41. The van der Waals surface area contributed by atoms with Crippen LogP contribution in [0.25, 0.3) is 0 Å². The summed E-state index contributed by atoms with van der Waals surface area (Å²) in [6.07, 6.45) is 2.97. The van der Waals surface area contributed by atoms with Crippen molar-refractivity contribution in [1.29, 1.82) is 5.26 Å². The van der Waals surface area contributed by atoms with E-state index >= 15 is 0 Å². The molecular formula is C22H27N3O2S. The van der Waals surface area contributed by atoms with Gasteiger partial charge in [0.15, 0.2) is 5.78 Å². The summed E-state index contributed by atoms with van der Waals surface area (Å²) in [5.74, 6) is -0.00721. The lowest BCUT2D eigenvalue weighted by molar-refractivity contribution is -0.116. The Morgan fingerprint density at radius 2 is 1.96 bits per heavy atom. The molecule has 1 saturated heterocycles. The number of hydrogen-bond acceptors (Lipinski definition) is 6. The summed E-state index contributed by atoms with van der Waals surface area (Å²) in [5, 5.41) is 13.2. The van der Waals surface area contributed by atoms with Gasteiger partial charge < -0.3 is 15.0 Å². The number of morpholine rings is 1. The maximum atomic E-state index is 12.3. The molecule has 5 nitrogen and oxygen atoms in total. The summed E-state index contributed by atoms with van der Waals surface area (Å²) in [6, 6.07) is 12.2. The first-order chi connectivity index (χ1) is 13.6. The van der Waals surface area contributed by atoms with Crippen LogP contribution in [-0.4, -0.2) is 44.0 Å². The lowest BCUT2D eigenvalue weighted by Crippen LogP contribution is -2.32. The molecule has 2 heterocycles. The van der Waals surface area contributed by atoms with Gasteiger partial charge in [0.05, 0.1) is 29.9 Å². The molecule has 1 aliphatic carbocycles. The van der Waals surface area contributed by atoms with Gasteiger partial charge in [0.25, 0.3) is 0 Å². The van der Waals surface area contributed by atoms with Gasteiger partial charge in [0, 0.05) is 36.7 Å². The molecule has 0 spiro atoms. The zero-order valence-electron chi connectivity index (χ0n) is 16.3. The molecule has 1 unspecified atom stereocenters. The third-order valence-electron chi connectivity index (χ3n) is 5.32. The predicted molar refractivity (Wildman–Crippen MR) is 113 cm³/mol. The maximum Gasteiger partial charge on any atom is 0.161 e. The fourth-order valence-electron chi connectivity index (χ4n) is 3.76. The number of allylic oxidation sites excluding steroid dienone is 3. The monoisotopic (exact) mass is 397 g/mol. The zero-order chi connectivity index (χ0) is 19.9. The molecule has 0 radical (unpaired) electrons. The average molecular weight is 398 g/mol. The summed E-state index contributed by atoms with van der Waals surface area (Å²) in [7, 11) is 2.11. The third-order valence-corrected chi connectivity index (χ3v) is 5.67. The number of carbonyl (C=O) groups excluding carboxylic acids is 1. The molecule has 6 heteroatoms. The van der Waals surface area contributed by atoms with Gasteiger partial charge in [0.2, 0.25) is 0 Å². The number of nitrogens with zero attached hydrogens (tertiary/aromatic N) is 2. The van der Waals surface area contributed by atoms with E-state index in [1.807, 2.05) is 30.3 Å². The molecule has 4 rings (SSSR count). The number of benzene rings is 1. The van der Waals surface area contributed by atoms with E-state index in [9.17, 15) is 10.1 Å². The smallest absolute Gasteiger partial charge is 0.161 e. The Bertz CT molecular complexity index is 805. The molecule has 0 saturated carbocycles. The Kier molecular flexibility index (Phi) is 7.32. The van der Waals surface area contributed by atoms with Gasteiger partial charge in [-0.2, -0.15) is 5.26 Å². The predicted octanol–water partition coefficient (Wildman–Crippen LogP) is 3.07. The minimum atomic E-state index is -0.172. The van der Waals surface area contributed by atoms with E-state index < -0.39 is 0 Å². The van der Waals surface area contributed by atoms with Gasteiger partial charge in [-0.25, -0.2) is 0 Å². The number of thiol groups is 1. The van der Waals surface area contributed by atoms with E-state index in [-0.39, 0.29) is 11.7 Å². The van der Waals surface area contributed by atoms with E-state index in [1.54, 1.807) is 0 Å². The van der Waals surface area contributed by atoms with Crippen LogP contribution in [0.4, 0.5) is 0 Å². The van der Waals surface area contributed by atoms with Crippen LogP contribution in [0.3, 0.4) is 0 Å². The molecule has 28 heavy (non-hydrogen) atoms. The van der Waals surface area contributed by atoms with Crippen molar-refractivity contribution in [3.05, 3.63) is 57.8 Å². The summed E-state index contributed by atoms with van der Waals surface area (Å²) in [5.41, 5.74) is 3.44. The van der Waals surface area contributed by atoms with Crippen LogP contribution < -0.4 is 5.32 Å². The van der Waals surface area contributed by atoms with Gasteiger partial charge in [-0.05, 0) is 31.9 Å². The molecule has 0 bridgehead atoms. The van der Waals surface area contributed by atoms with Crippen LogP contribution in [0, 0.1) is 17.2 Å². The largest absolute Gasteiger partial charge is 0.379 e. The van der Waals surface area contributed by atoms with Crippen LogP contribution in [0.15, 0.2) is 52.2 Å². The first-order valence-electron chi connectivity index (χ1n) is 9.77. The topological polar surface area (TPSA) is 65.4 Å². The van der Waals surface area contributed by atoms with Crippen LogP contribution in [-0.2, 0) is 16.0 Å². The number of carbonyl (C=O) groups is 1. The van der Waals surface area contributed by atoms with Crippen molar-refractivity contribution < 1.29 is 9.53 Å². The van der Waals surface area contributed by atoms with Gasteiger partial charge in [-0.3, -0.25) is 4.79 Å². The summed E-state index contributed by atoms with van der Waals surface area (Å²) in [4.78, 5) is 14.6. The van der Waals surface area contributed by atoms with Crippen molar-refractivity contribution in [1.82, 2.24) is 10.2 Å². The number of nitriles is 1. The third kappa shape index (κ3) is 5.05. The molecule has 0 aromatic heterocycles. The van der Waals surface area contributed by atoms with Gasteiger partial charge in [-0.1, -0.05) is 30.3 Å². The second-order valence-electron chi connectivity index (χ2n) is 7.33. The number of rotatable bonds is 2. The highest BCUT2D eigenvalue weighted by Crippen LogP contribution is 2.38. The number of dihydropyridines is 1. The number of ketones is 1. The lowest BCUT2D eigenvalue weighted by atomic mass is 9.77. The van der Waals surface area contributed by atoms with Crippen LogP contribution in [0.1, 0.15) is 24.8 Å². The van der Waals surface area contributed by atoms with Crippen LogP contribution in [0.5, 0.6) is 0 Å². The number of likely N-dealkylation sites (N-methyl/N-ethyl adjacent to an activating group) is 1. The van der Waals surface area contributed by atoms with Crippen LogP contribution >= 0.6 is 12.6 Å². The van der Waals surface area contributed by atoms with E-state index in [1.165, 1.54) is 0 Å². The van der Waals surface area contributed by atoms with E-state index in [0.29, 0.717) is 23.4 Å². The number of Topliss-reactive ketones (excluding diaryl/α,β-unsaturated/α-hetero) is 1. The molecule has 0 amide bonds. The Morgan fingerprint density at radius 1 is 1.25 bits per heavy atom. The SMILES string of the molecule is CN1CCOCC1.N#CC1=C(S)NC2=C(C(=O)CCC2)C1Cc1ccccc1. The van der Waals surface area contributed by atoms with Crippen molar-refractivity contribution in [3.63, 3.8) is 0 Å². The molecule has 148 valence electrons. The van der Waals surface area contributed by atoms with Gasteiger partial charge in [0.1, 0.15) is 0 Å². The van der Waals surface area contributed by atoms with Crippen molar-refractivity contribution in [3.8, 4) is 6.07 Å². The second-order valence-corrected chi connectivity index (χ2v) is 7.77. The highest BCUT2D eigenvalue weighted by Gasteiger charge is 2.35. The summed E-state index contributed by atoms with van der Waals surface area (Å²) < 4.78 is 5.10. The normalized spacial score (nSPS) is 22.6. The van der Waals surface area contributed by atoms with Crippen molar-refractivity contribution in [2.45, 2.75) is 25.7 Å². The first kappa shape index (κ1) is 20.7. The number of nitrogens with one attached hydrogen (secondary N) is 1. The standard InChI is InChI=1S/C17H16N2OS.C5H11NO/c18-10-13-12(9-11-5-2-1-3-6-11)16-14(19-17(13)21)7-4-8-15(16)20;1-6-2-4-7-5-3-6/h1-3,5-6,12,19,21H,4,7-9H2;2-5H2,1H3. The van der Waals surface area contributed by atoms with Gasteiger partial charge in [-0.15, -0.1) is 12.6 Å². The molecule has 2 aliphatic heterocycles. The fourth-order valence-corrected chi connectivity index (χ4v) is 4.10. The molecule has 1 fully saturated rings. The van der Waals surface area contributed by atoms with Crippen molar-refractivity contribution >= 4 is 18.4 Å². The van der Waals surface area contributed by atoms with E-state index in [0.717, 1.165) is 56.0 Å². The molecule has 1 aromatic rings. The first-order valence-corrected chi connectivity index (χ1v) is 10.2. The maximum absolute atomic E-state index is 12.3. The quantitative estimate of drug-likeness (QED) is 0.751. The highest BCUT2D eigenvalue weighted by atomic mass is 32.1. The lowest BCUT2D eigenvalue weighted by Gasteiger charge is -2.32. The van der Waals surface area contributed by atoms with Crippen molar-refractivity contribution in [2.75, 3.05) is 33.4 Å². The van der Waals surface area contributed by atoms with Crippen LogP contribution in [0.2, 0.25) is 0 Å². The molecule has 1 aromatic carbocycles. The molecule has 3 aliphatic rings. The van der Waals surface area contributed by atoms with E-state index in [4.69, 9.17) is 4.74 Å². The number of hydrogen-bond donors (Lipinski definition) is 2. The van der Waals surface area contributed by atoms with Gasteiger partial charge >= 0.3 is 0 Å². The molecular weight excluding hydrogens is 370 g/mol. The Morgan fingerprint density at radius 3 is 2.57 bits per heavy atom. The summed E-state index contributed by atoms with van der Waals surface area (Å²) in [6.45, 7) is 4.02. The average Bonchev–Trinajstić information content (AvgIpc) is 2.70. The Hall–Kier alpha value is -2.07. The zero-order valence-corrected chi connectivity index (χ0v) is 17.2. The Balaban J connectivity index is 0.000000271. The fraction of sp³-hybridized carbons (Fsp3) is 0.455. The highest BCUT2D eigenvalue weighted by molar-refractivity contribution is 7.84. The molecule has 1 N–H and O–H groups in total. The second kappa shape index (κ2) is 9.92. The minimum absolute atomic E-state index is 0.165. The number of ether oxygens (including phenoxy) is 1. The Labute approximate surface area is 172 Å².